The van der Waals surface area contributed by atoms with Crippen LogP contribution in [0.5, 0.6) is 0 Å². The molecule has 1 aliphatic rings. The van der Waals surface area contributed by atoms with E-state index in [9.17, 15) is 0 Å². The van der Waals surface area contributed by atoms with Gasteiger partial charge in [-0.05, 0) is 43.7 Å². The summed E-state index contributed by atoms with van der Waals surface area (Å²) >= 11 is 0. The zero-order valence-electron chi connectivity index (χ0n) is 12.4. The molecule has 0 spiro atoms. The van der Waals surface area contributed by atoms with Crippen molar-refractivity contribution in [2.75, 3.05) is 0 Å². The Bertz CT molecular complexity index is 584. The highest BCUT2D eigenvalue weighted by molar-refractivity contribution is 5.31. The van der Waals surface area contributed by atoms with Crippen LogP contribution in [0.25, 0.3) is 0 Å². The van der Waals surface area contributed by atoms with E-state index in [-0.39, 0.29) is 6.04 Å². The summed E-state index contributed by atoms with van der Waals surface area (Å²) in [6.07, 6.45) is 4.05. The van der Waals surface area contributed by atoms with Crippen molar-refractivity contribution in [1.29, 1.82) is 0 Å². The van der Waals surface area contributed by atoms with E-state index < -0.39 is 0 Å². The minimum absolute atomic E-state index is 0.255. The van der Waals surface area contributed by atoms with E-state index in [1.54, 1.807) is 6.33 Å². The molecule has 20 heavy (non-hydrogen) atoms. The number of hydrogen-bond acceptors (Lipinski definition) is 3. The van der Waals surface area contributed by atoms with Crippen molar-refractivity contribution in [3.05, 3.63) is 47.5 Å². The van der Waals surface area contributed by atoms with Gasteiger partial charge < -0.3 is 5.32 Å². The molecule has 1 heterocycles. The lowest BCUT2D eigenvalue weighted by Crippen LogP contribution is -2.42. The largest absolute Gasteiger partial charge is 0.305 e. The average Bonchev–Trinajstić information content (AvgIpc) is 2.81. The van der Waals surface area contributed by atoms with Crippen LogP contribution in [0.3, 0.4) is 0 Å². The van der Waals surface area contributed by atoms with Crippen LogP contribution in [-0.2, 0) is 7.05 Å². The van der Waals surface area contributed by atoms with E-state index in [4.69, 9.17) is 0 Å². The van der Waals surface area contributed by atoms with Crippen LogP contribution in [0.4, 0.5) is 0 Å². The van der Waals surface area contributed by atoms with Gasteiger partial charge in [0.2, 0.25) is 0 Å². The van der Waals surface area contributed by atoms with Gasteiger partial charge in [0.15, 0.2) is 0 Å². The fourth-order valence-corrected chi connectivity index (χ4v) is 3.18. The Labute approximate surface area is 120 Å². The monoisotopic (exact) mass is 270 g/mol. The van der Waals surface area contributed by atoms with Gasteiger partial charge in [-0.1, -0.05) is 24.3 Å². The molecule has 0 radical (unpaired) electrons. The molecule has 1 N–H and O–H groups in total. The topological polar surface area (TPSA) is 42.7 Å². The van der Waals surface area contributed by atoms with E-state index in [0.29, 0.717) is 12.0 Å². The normalized spacial score (nSPS) is 23.4. The lowest BCUT2D eigenvalue weighted by atomic mass is 9.74. The van der Waals surface area contributed by atoms with Crippen LogP contribution >= 0.6 is 0 Å². The molecule has 1 unspecified atom stereocenters. The van der Waals surface area contributed by atoms with Crippen LogP contribution in [0.15, 0.2) is 30.6 Å². The molecule has 0 saturated heterocycles. The first-order chi connectivity index (χ1) is 9.65. The number of aryl methyl sites for hydroxylation is 2. The second-order valence-corrected chi connectivity index (χ2v) is 5.85. The van der Waals surface area contributed by atoms with Gasteiger partial charge in [-0.2, -0.15) is 5.10 Å². The quantitative estimate of drug-likeness (QED) is 0.929. The maximum absolute atomic E-state index is 4.31. The number of nitrogens with one attached hydrogen (secondary N) is 1. The highest BCUT2D eigenvalue weighted by Crippen LogP contribution is 2.39. The smallest absolute Gasteiger partial charge is 0.143 e. The molecule has 4 nitrogen and oxygen atoms in total. The second-order valence-electron chi connectivity index (χ2n) is 5.85. The number of benzene rings is 1. The highest BCUT2D eigenvalue weighted by Gasteiger charge is 2.32. The first-order valence-electron chi connectivity index (χ1n) is 7.30. The Morgan fingerprint density at radius 1 is 1.30 bits per heavy atom. The standard InChI is InChI=1S/C16H22N4/c1-11-6-4-5-7-15(11)13-8-14(9-13)19-12(2)16-17-10-18-20(16)3/h4-7,10,12-14,19H,8-9H2,1-3H3. The molecular formula is C16H22N4. The molecular weight excluding hydrogens is 248 g/mol. The fourth-order valence-electron chi connectivity index (χ4n) is 3.18. The van der Waals surface area contributed by atoms with Gasteiger partial charge in [-0.15, -0.1) is 0 Å². The van der Waals surface area contributed by atoms with Gasteiger partial charge in [-0.25, -0.2) is 4.98 Å². The van der Waals surface area contributed by atoms with Crippen LogP contribution in [-0.4, -0.2) is 20.8 Å². The van der Waals surface area contributed by atoms with Gasteiger partial charge in [0.25, 0.3) is 0 Å². The molecule has 1 aliphatic carbocycles. The summed E-state index contributed by atoms with van der Waals surface area (Å²) in [6.45, 7) is 4.36. The lowest BCUT2D eigenvalue weighted by Gasteiger charge is -2.38. The van der Waals surface area contributed by atoms with Gasteiger partial charge in [-0.3, -0.25) is 4.68 Å². The molecule has 1 aromatic carbocycles. The summed E-state index contributed by atoms with van der Waals surface area (Å²) in [5, 5.41) is 7.78. The Morgan fingerprint density at radius 2 is 2.05 bits per heavy atom. The number of hydrogen-bond donors (Lipinski definition) is 1. The van der Waals surface area contributed by atoms with Crippen molar-refractivity contribution in [3.63, 3.8) is 0 Å². The zero-order valence-corrected chi connectivity index (χ0v) is 12.4. The predicted octanol–water partition coefficient (Wildman–Crippen LogP) is 2.72. The summed E-state index contributed by atoms with van der Waals surface area (Å²) in [5.74, 6) is 1.71. The number of aromatic nitrogens is 3. The predicted molar refractivity (Wildman–Crippen MR) is 79.5 cm³/mol. The molecule has 1 fully saturated rings. The summed E-state index contributed by atoms with van der Waals surface area (Å²) in [7, 11) is 1.94. The highest BCUT2D eigenvalue weighted by atomic mass is 15.3. The van der Waals surface area contributed by atoms with Crippen molar-refractivity contribution in [1.82, 2.24) is 20.1 Å². The summed E-state index contributed by atoms with van der Waals surface area (Å²) in [6, 6.07) is 9.58. The molecule has 1 aromatic heterocycles. The molecule has 106 valence electrons. The van der Waals surface area contributed by atoms with Gasteiger partial charge in [0, 0.05) is 13.1 Å². The van der Waals surface area contributed by atoms with Gasteiger partial charge in [0.1, 0.15) is 12.2 Å². The van der Waals surface area contributed by atoms with E-state index in [0.717, 1.165) is 5.82 Å². The summed E-state index contributed by atoms with van der Waals surface area (Å²) in [5.41, 5.74) is 2.93. The fraction of sp³-hybridized carbons (Fsp3) is 0.500. The first-order valence-corrected chi connectivity index (χ1v) is 7.30. The molecule has 0 bridgehead atoms. The van der Waals surface area contributed by atoms with Gasteiger partial charge >= 0.3 is 0 Å². The Hall–Kier alpha value is -1.68. The third-order valence-electron chi connectivity index (χ3n) is 4.39. The zero-order chi connectivity index (χ0) is 14.1. The minimum Gasteiger partial charge on any atom is -0.305 e. The Morgan fingerprint density at radius 3 is 2.70 bits per heavy atom. The van der Waals surface area contributed by atoms with E-state index >= 15 is 0 Å². The van der Waals surface area contributed by atoms with Crippen molar-refractivity contribution >= 4 is 0 Å². The third-order valence-corrected chi connectivity index (χ3v) is 4.39. The van der Waals surface area contributed by atoms with Crippen LogP contribution in [0.1, 0.15) is 48.7 Å². The van der Waals surface area contributed by atoms with Crippen molar-refractivity contribution < 1.29 is 0 Å². The SMILES string of the molecule is Cc1ccccc1C1CC(NC(C)c2ncnn2C)C1. The van der Waals surface area contributed by atoms with E-state index in [2.05, 4.69) is 53.5 Å². The minimum atomic E-state index is 0.255. The van der Waals surface area contributed by atoms with Crippen molar-refractivity contribution in [2.24, 2.45) is 7.05 Å². The van der Waals surface area contributed by atoms with E-state index in [1.165, 1.54) is 24.0 Å². The van der Waals surface area contributed by atoms with E-state index in [1.807, 2.05) is 11.7 Å². The lowest BCUT2D eigenvalue weighted by molar-refractivity contribution is 0.265. The van der Waals surface area contributed by atoms with Crippen molar-refractivity contribution in [3.8, 4) is 0 Å². The first kappa shape index (κ1) is 13.3. The maximum atomic E-state index is 4.31. The molecule has 1 saturated carbocycles. The number of nitrogens with zero attached hydrogens (tertiary/aromatic N) is 3. The number of rotatable bonds is 4. The van der Waals surface area contributed by atoms with Crippen LogP contribution in [0.2, 0.25) is 0 Å². The molecule has 0 amide bonds. The Balaban J connectivity index is 1.56. The summed E-state index contributed by atoms with van der Waals surface area (Å²) < 4.78 is 1.84. The molecule has 4 heteroatoms. The molecule has 3 rings (SSSR count). The summed E-state index contributed by atoms with van der Waals surface area (Å²) in [4.78, 5) is 4.31. The van der Waals surface area contributed by atoms with Crippen LogP contribution < -0.4 is 5.32 Å². The average molecular weight is 270 g/mol. The second kappa shape index (κ2) is 5.37. The molecule has 1 atom stereocenters. The van der Waals surface area contributed by atoms with Crippen molar-refractivity contribution in [2.45, 2.75) is 44.7 Å². The third kappa shape index (κ3) is 2.48. The van der Waals surface area contributed by atoms with Gasteiger partial charge in [0.05, 0.1) is 6.04 Å². The molecule has 2 aromatic rings. The Kier molecular flexibility index (Phi) is 3.57. The molecule has 0 aliphatic heterocycles. The maximum Gasteiger partial charge on any atom is 0.143 e. The van der Waals surface area contributed by atoms with Crippen LogP contribution in [0, 0.1) is 6.92 Å².